The van der Waals surface area contributed by atoms with E-state index in [1.165, 1.54) is 25.7 Å². The van der Waals surface area contributed by atoms with Gasteiger partial charge in [-0.05, 0) is 18.8 Å². The van der Waals surface area contributed by atoms with Crippen molar-refractivity contribution >= 4 is 17.2 Å². The molecule has 0 N–H and O–H groups in total. The Bertz CT molecular complexity index is 456. The molecule has 4 nitrogen and oxygen atoms in total. The van der Waals surface area contributed by atoms with Gasteiger partial charge in [0.15, 0.2) is 0 Å². The summed E-state index contributed by atoms with van der Waals surface area (Å²) < 4.78 is 0. The fourth-order valence-electron chi connectivity index (χ4n) is 3.71. The van der Waals surface area contributed by atoms with Crippen molar-refractivity contribution in [1.29, 1.82) is 0 Å². The number of carbonyl (C=O) groups excluding carboxylic acids is 1. The van der Waals surface area contributed by atoms with E-state index < -0.39 is 0 Å². The Morgan fingerprint density at radius 3 is 2.82 bits per heavy atom. The molecule has 1 aromatic heterocycles. The average Bonchev–Trinajstić information content (AvgIpc) is 3.16. The Labute approximate surface area is 137 Å². The predicted octanol–water partition coefficient (Wildman–Crippen LogP) is 3.15. The van der Waals surface area contributed by atoms with Gasteiger partial charge in [-0.25, -0.2) is 4.98 Å². The van der Waals surface area contributed by atoms with Crippen molar-refractivity contribution < 1.29 is 4.79 Å². The molecule has 2 aliphatic rings. The molecular formula is C17H27N3OS. The van der Waals surface area contributed by atoms with Crippen LogP contribution in [-0.2, 0) is 11.3 Å². The predicted molar refractivity (Wildman–Crippen MR) is 89.8 cm³/mol. The summed E-state index contributed by atoms with van der Waals surface area (Å²) in [5.41, 5.74) is 3.05. The number of rotatable bonds is 5. The monoisotopic (exact) mass is 321 g/mol. The summed E-state index contributed by atoms with van der Waals surface area (Å²) in [6.45, 7) is 4.79. The molecule has 0 bridgehead atoms. The zero-order valence-electron chi connectivity index (χ0n) is 13.4. The number of thiazole rings is 1. The molecule has 3 rings (SSSR count). The fourth-order valence-corrected chi connectivity index (χ4v) is 4.26. The van der Waals surface area contributed by atoms with Crippen molar-refractivity contribution in [2.75, 3.05) is 26.2 Å². The maximum absolute atomic E-state index is 12.4. The largest absolute Gasteiger partial charge is 0.341 e. The molecule has 0 aromatic carbocycles. The van der Waals surface area contributed by atoms with Gasteiger partial charge in [0.25, 0.3) is 0 Å². The van der Waals surface area contributed by atoms with E-state index in [1.807, 2.05) is 5.51 Å². The van der Waals surface area contributed by atoms with Crippen LogP contribution in [0.15, 0.2) is 10.9 Å². The lowest BCUT2D eigenvalue weighted by Crippen LogP contribution is -2.35. The van der Waals surface area contributed by atoms with Crippen LogP contribution < -0.4 is 0 Å². The van der Waals surface area contributed by atoms with Gasteiger partial charge in [-0.15, -0.1) is 11.3 Å². The molecule has 0 unspecified atom stereocenters. The second-order valence-corrected chi connectivity index (χ2v) is 7.40. The quantitative estimate of drug-likeness (QED) is 0.836. The maximum Gasteiger partial charge on any atom is 0.222 e. The Morgan fingerprint density at radius 2 is 2.05 bits per heavy atom. The normalized spacial score (nSPS) is 21.2. The van der Waals surface area contributed by atoms with Crippen molar-refractivity contribution in [2.45, 2.75) is 51.5 Å². The topological polar surface area (TPSA) is 36.4 Å². The Morgan fingerprint density at radius 1 is 1.18 bits per heavy atom. The van der Waals surface area contributed by atoms with Crippen LogP contribution in [0.5, 0.6) is 0 Å². The molecular weight excluding hydrogens is 294 g/mol. The third kappa shape index (κ3) is 4.53. The number of carbonyl (C=O) groups is 1. The van der Waals surface area contributed by atoms with Gasteiger partial charge in [0.05, 0.1) is 11.2 Å². The molecule has 2 fully saturated rings. The summed E-state index contributed by atoms with van der Waals surface area (Å²) in [7, 11) is 0. The highest BCUT2D eigenvalue weighted by Crippen LogP contribution is 2.28. The lowest BCUT2D eigenvalue weighted by atomic mass is 10.0. The number of amides is 1. The Kier molecular flexibility index (Phi) is 5.84. The summed E-state index contributed by atoms with van der Waals surface area (Å²) in [5.74, 6) is 1.19. The molecule has 5 heteroatoms. The lowest BCUT2D eigenvalue weighted by molar-refractivity contribution is -0.131. The Balaban J connectivity index is 1.42. The van der Waals surface area contributed by atoms with Crippen LogP contribution in [0.4, 0.5) is 0 Å². The van der Waals surface area contributed by atoms with Gasteiger partial charge in [0.1, 0.15) is 0 Å². The number of nitrogens with zero attached hydrogens (tertiary/aromatic N) is 3. The first-order chi connectivity index (χ1) is 10.8. The van der Waals surface area contributed by atoms with E-state index >= 15 is 0 Å². The molecule has 0 spiro atoms. The second-order valence-electron chi connectivity index (χ2n) is 6.68. The zero-order chi connectivity index (χ0) is 15.2. The van der Waals surface area contributed by atoms with Crippen molar-refractivity contribution in [2.24, 2.45) is 5.92 Å². The highest BCUT2D eigenvalue weighted by Gasteiger charge is 2.21. The zero-order valence-corrected chi connectivity index (χ0v) is 14.2. The summed E-state index contributed by atoms with van der Waals surface area (Å²) in [6, 6.07) is 0. The minimum Gasteiger partial charge on any atom is -0.341 e. The van der Waals surface area contributed by atoms with Gasteiger partial charge in [0.2, 0.25) is 5.91 Å². The van der Waals surface area contributed by atoms with Crippen LogP contribution in [0.1, 0.15) is 50.6 Å². The van der Waals surface area contributed by atoms with Crippen LogP contribution in [-0.4, -0.2) is 46.9 Å². The van der Waals surface area contributed by atoms with Crippen LogP contribution in [0.2, 0.25) is 0 Å². The average molecular weight is 321 g/mol. The van der Waals surface area contributed by atoms with Crippen LogP contribution >= 0.6 is 11.3 Å². The fraction of sp³-hybridized carbons (Fsp3) is 0.765. The molecule has 0 radical (unpaired) electrons. The van der Waals surface area contributed by atoms with E-state index in [0.717, 1.165) is 63.6 Å². The minimum absolute atomic E-state index is 0.377. The molecule has 122 valence electrons. The van der Waals surface area contributed by atoms with Crippen molar-refractivity contribution in [3.8, 4) is 0 Å². The van der Waals surface area contributed by atoms with Gasteiger partial charge in [0, 0.05) is 44.5 Å². The SMILES string of the molecule is O=C(CCC1CCCC1)N1CCCN(Cc2cscn2)CC1. The van der Waals surface area contributed by atoms with Crippen LogP contribution in [0.25, 0.3) is 0 Å². The van der Waals surface area contributed by atoms with Crippen LogP contribution in [0, 0.1) is 5.92 Å². The molecule has 1 aliphatic carbocycles. The van der Waals surface area contributed by atoms with Crippen molar-refractivity contribution in [1.82, 2.24) is 14.8 Å². The first-order valence-corrected chi connectivity index (χ1v) is 9.63. The molecule has 2 heterocycles. The van der Waals surface area contributed by atoms with E-state index in [2.05, 4.69) is 20.2 Å². The smallest absolute Gasteiger partial charge is 0.222 e. The summed E-state index contributed by atoms with van der Waals surface area (Å²) in [5, 5.41) is 2.12. The van der Waals surface area contributed by atoms with Gasteiger partial charge in [-0.1, -0.05) is 25.7 Å². The van der Waals surface area contributed by atoms with Gasteiger partial charge >= 0.3 is 0 Å². The molecule has 22 heavy (non-hydrogen) atoms. The van der Waals surface area contributed by atoms with Crippen LogP contribution in [0.3, 0.4) is 0 Å². The highest BCUT2D eigenvalue weighted by atomic mass is 32.1. The molecule has 1 saturated carbocycles. The van der Waals surface area contributed by atoms with E-state index in [9.17, 15) is 4.79 Å². The molecule has 1 aromatic rings. The van der Waals surface area contributed by atoms with Gasteiger partial charge < -0.3 is 4.90 Å². The number of hydrogen-bond acceptors (Lipinski definition) is 4. The van der Waals surface area contributed by atoms with Gasteiger partial charge in [-0.3, -0.25) is 9.69 Å². The van der Waals surface area contributed by atoms with E-state index in [-0.39, 0.29) is 0 Å². The molecule has 1 saturated heterocycles. The lowest BCUT2D eigenvalue weighted by Gasteiger charge is -2.22. The van der Waals surface area contributed by atoms with Gasteiger partial charge in [-0.2, -0.15) is 0 Å². The summed E-state index contributed by atoms with van der Waals surface area (Å²) in [4.78, 5) is 21.3. The minimum atomic E-state index is 0.377. The highest BCUT2D eigenvalue weighted by molar-refractivity contribution is 7.07. The first kappa shape index (κ1) is 15.9. The molecule has 1 aliphatic heterocycles. The molecule has 1 amide bonds. The Hall–Kier alpha value is -0.940. The summed E-state index contributed by atoms with van der Waals surface area (Å²) in [6.07, 6.45) is 8.37. The molecule has 0 atom stereocenters. The van der Waals surface area contributed by atoms with Crippen molar-refractivity contribution in [3.05, 3.63) is 16.6 Å². The van der Waals surface area contributed by atoms with Crippen molar-refractivity contribution in [3.63, 3.8) is 0 Å². The summed E-state index contributed by atoms with van der Waals surface area (Å²) >= 11 is 1.66. The maximum atomic E-state index is 12.4. The number of hydrogen-bond donors (Lipinski definition) is 0. The van der Waals surface area contributed by atoms with E-state index in [1.54, 1.807) is 11.3 Å². The standard InChI is InChI=1S/C17H27N3OS/c21-17(7-6-15-4-1-2-5-15)20-9-3-8-19(10-11-20)12-16-13-22-14-18-16/h13-15H,1-12H2. The van der Waals surface area contributed by atoms with E-state index in [0.29, 0.717) is 5.91 Å². The second kappa shape index (κ2) is 8.06. The number of aromatic nitrogens is 1. The third-order valence-corrected chi connectivity index (χ3v) is 5.69. The first-order valence-electron chi connectivity index (χ1n) is 8.68. The third-order valence-electron chi connectivity index (χ3n) is 5.05. The van der Waals surface area contributed by atoms with E-state index in [4.69, 9.17) is 0 Å².